The normalized spacial score (nSPS) is 27.3. The SMILES string of the molecule is O=C[C@H](O)[C@H](O)[C@H](O)COP(=O)(O)O.O=P(O)(O)OC[C@H]1O[C@H](OP(=O)(O)OP(=O)(O)O)[C@H](O)[C@@H]1O. The van der Waals surface area contributed by atoms with Crippen molar-refractivity contribution in [1.29, 1.82) is 0 Å². The Bertz CT molecular complexity index is 876. The summed E-state index contributed by atoms with van der Waals surface area (Å²) in [5.41, 5.74) is 0. The Morgan fingerprint density at radius 2 is 1.31 bits per heavy atom. The van der Waals surface area contributed by atoms with E-state index in [0.717, 1.165) is 0 Å². The van der Waals surface area contributed by atoms with E-state index >= 15 is 0 Å². The van der Waals surface area contributed by atoms with E-state index in [0.29, 0.717) is 0 Å². The summed E-state index contributed by atoms with van der Waals surface area (Å²) < 4.78 is 62.4. The van der Waals surface area contributed by atoms with Crippen LogP contribution in [0.1, 0.15) is 0 Å². The molecule has 1 heterocycles. The van der Waals surface area contributed by atoms with Crippen molar-refractivity contribution in [3.05, 3.63) is 0 Å². The molecule has 1 unspecified atom stereocenters. The zero-order valence-electron chi connectivity index (χ0n) is 17.3. The minimum Gasteiger partial charge on any atom is -0.388 e. The van der Waals surface area contributed by atoms with Gasteiger partial charge in [-0.2, -0.15) is 4.31 Å². The highest BCUT2D eigenvalue weighted by atomic mass is 31.3. The van der Waals surface area contributed by atoms with Crippen molar-refractivity contribution in [2.45, 2.75) is 42.9 Å². The van der Waals surface area contributed by atoms with Crippen molar-refractivity contribution < 1.29 is 105 Å². The van der Waals surface area contributed by atoms with E-state index in [-0.39, 0.29) is 6.29 Å². The van der Waals surface area contributed by atoms with Crippen LogP contribution in [0.25, 0.3) is 0 Å². The summed E-state index contributed by atoms with van der Waals surface area (Å²) in [4.78, 5) is 69.1. The molecular formula is C10H24O22P4. The van der Waals surface area contributed by atoms with Gasteiger partial charge in [0, 0.05) is 0 Å². The third kappa shape index (κ3) is 15.4. The molecule has 216 valence electrons. The molecule has 22 nitrogen and oxygen atoms in total. The van der Waals surface area contributed by atoms with Gasteiger partial charge in [0.2, 0.25) is 0 Å². The molecule has 0 aliphatic carbocycles. The van der Waals surface area contributed by atoms with E-state index in [9.17, 15) is 33.3 Å². The molecule has 8 atom stereocenters. The Labute approximate surface area is 199 Å². The fraction of sp³-hybridized carbons (Fsp3) is 0.900. The highest BCUT2D eigenvalue weighted by Crippen LogP contribution is 2.58. The number of aliphatic hydroxyl groups is 5. The molecule has 1 rings (SSSR count). The van der Waals surface area contributed by atoms with Crippen molar-refractivity contribution >= 4 is 37.6 Å². The van der Waals surface area contributed by atoms with Crippen molar-refractivity contribution in [1.82, 2.24) is 0 Å². The van der Waals surface area contributed by atoms with Crippen molar-refractivity contribution in [2.75, 3.05) is 13.2 Å². The Balaban J connectivity index is 0.000000757. The van der Waals surface area contributed by atoms with E-state index in [4.69, 9.17) is 49.6 Å². The van der Waals surface area contributed by atoms with Crippen LogP contribution in [-0.4, -0.2) is 122 Å². The molecule has 0 radical (unpaired) electrons. The van der Waals surface area contributed by atoms with Gasteiger partial charge in [0.15, 0.2) is 12.6 Å². The van der Waals surface area contributed by atoms with Crippen molar-refractivity contribution in [3.63, 3.8) is 0 Å². The molecule has 0 spiro atoms. The molecule has 1 aliphatic rings. The second-order valence-electron chi connectivity index (χ2n) is 6.43. The van der Waals surface area contributed by atoms with Gasteiger partial charge in [-0.25, -0.2) is 18.3 Å². The largest absolute Gasteiger partial charge is 0.483 e. The number of aldehydes is 1. The van der Waals surface area contributed by atoms with Crippen LogP contribution in [0.2, 0.25) is 0 Å². The molecule has 1 saturated heterocycles. The summed E-state index contributed by atoms with van der Waals surface area (Å²) in [6, 6.07) is 0. The number of rotatable bonds is 13. The zero-order chi connectivity index (χ0) is 28.7. The van der Waals surface area contributed by atoms with Gasteiger partial charge in [0.05, 0.1) is 13.2 Å². The second-order valence-corrected chi connectivity index (χ2v) is 11.7. The summed E-state index contributed by atoms with van der Waals surface area (Å²) in [5.74, 6) is 0. The molecule has 0 aromatic heterocycles. The highest BCUT2D eigenvalue weighted by molar-refractivity contribution is 7.60. The standard InChI is InChI=1S/C5H13O14P3.C5H11O8P/c6-3-2(1-16-20(8,9)10)17-5(4(3)7)18-22(14,15)19-21(11,12)13;6-1-3(7)5(9)4(8)2-13-14(10,11)12/h2-7H,1H2,(H,14,15)(H2,8,9,10)(H2,11,12,13);1,3-5,7-9H,2H2,(H2,10,11,12)/t2-,3-,4-,5-;3-,4+,5-/m10/s1. The molecule has 0 bridgehead atoms. The van der Waals surface area contributed by atoms with Crippen LogP contribution < -0.4 is 0 Å². The van der Waals surface area contributed by atoms with Gasteiger partial charge in [-0.1, -0.05) is 0 Å². The van der Waals surface area contributed by atoms with Crippen LogP contribution in [0, 0.1) is 0 Å². The maximum absolute atomic E-state index is 11.3. The minimum atomic E-state index is -5.39. The Hall–Kier alpha value is -0.0900. The van der Waals surface area contributed by atoms with E-state index < -0.39 is 87.4 Å². The van der Waals surface area contributed by atoms with Gasteiger partial charge in [0.1, 0.15) is 36.6 Å². The van der Waals surface area contributed by atoms with Gasteiger partial charge in [-0.05, 0) is 0 Å². The van der Waals surface area contributed by atoms with E-state index in [1.807, 2.05) is 0 Å². The quantitative estimate of drug-likeness (QED) is 0.0678. The Morgan fingerprint density at radius 1 is 0.806 bits per heavy atom. The lowest BCUT2D eigenvalue weighted by atomic mass is 10.1. The maximum Gasteiger partial charge on any atom is 0.483 e. The summed E-state index contributed by atoms with van der Waals surface area (Å²) >= 11 is 0. The van der Waals surface area contributed by atoms with Gasteiger partial charge in [-0.3, -0.25) is 13.6 Å². The molecule has 12 N–H and O–H groups in total. The first-order valence-corrected chi connectivity index (χ1v) is 14.8. The smallest absolute Gasteiger partial charge is 0.388 e. The summed E-state index contributed by atoms with van der Waals surface area (Å²) in [5, 5.41) is 45.6. The average Bonchev–Trinajstić information content (AvgIpc) is 2.94. The molecule has 0 amide bonds. The third-order valence-electron chi connectivity index (χ3n) is 3.47. The van der Waals surface area contributed by atoms with Crippen LogP contribution in [0.5, 0.6) is 0 Å². The van der Waals surface area contributed by atoms with Gasteiger partial charge in [-0.15, -0.1) is 0 Å². The summed E-state index contributed by atoms with van der Waals surface area (Å²) in [6.45, 7) is -1.80. The number of hydrogen-bond donors (Lipinski definition) is 12. The first-order valence-electron chi connectivity index (χ1n) is 8.67. The average molecular weight is 620 g/mol. The zero-order valence-corrected chi connectivity index (χ0v) is 20.8. The van der Waals surface area contributed by atoms with Crippen molar-refractivity contribution in [3.8, 4) is 0 Å². The van der Waals surface area contributed by atoms with Gasteiger partial charge >= 0.3 is 31.3 Å². The third-order valence-corrected chi connectivity index (χ3v) is 6.59. The Kier molecular flexibility index (Phi) is 14.3. The van der Waals surface area contributed by atoms with E-state index in [1.165, 1.54) is 0 Å². The Morgan fingerprint density at radius 3 is 1.72 bits per heavy atom. The second kappa shape index (κ2) is 14.3. The number of carbonyl (C=O) groups excluding carboxylic acids is 1. The first kappa shape index (κ1) is 35.9. The van der Waals surface area contributed by atoms with Crippen LogP contribution >= 0.6 is 31.3 Å². The van der Waals surface area contributed by atoms with Crippen LogP contribution in [-0.2, 0) is 45.7 Å². The number of hydrogen-bond acceptors (Lipinski definition) is 15. The number of aliphatic hydroxyl groups excluding tert-OH is 5. The van der Waals surface area contributed by atoms with Crippen LogP contribution in [0.15, 0.2) is 0 Å². The lowest BCUT2D eigenvalue weighted by Crippen LogP contribution is -2.40. The lowest BCUT2D eigenvalue weighted by molar-refractivity contribution is -0.127. The monoisotopic (exact) mass is 620 g/mol. The molecule has 36 heavy (non-hydrogen) atoms. The number of phosphoric acid groups is 4. The summed E-state index contributed by atoms with van der Waals surface area (Å²) in [7, 11) is -20.4. The van der Waals surface area contributed by atoms with Gasteiger partial charge < -0.3 is 69.3 Å². The summed E-state index contributed by atoms with van der Waals surface area (Å²) in [6.07, 6.45) is -12.9. The number of phosphoric ester groups is 3. The lowest BCUT2D eigenvalue weighted by Gasteiger charge is -2.19. The van der Waals surface area contributed by atoms with E-state index in [2.05, 4.69) is 22.6 Å². The number of carbonyl (C=O) groups is 1. The van der Waals surface area contributed by atoms with Crippen LogP contribution in [0.4, 0.5) is 0 Å². The van der Waals surface area contributed by atoms with Gasteiger partial charge in [0.25, 0.3) is 0 Å². The molecular weight excluding hydrogens is 596 g/mol. The first-order chi connectivity index (χ1) is 16.0. The molecule has 0 aromatic rings. The fourth-order valence-electron chi connectivity index (χ4n) is 1.97. The predicted molar refractivity (Wildman–Crippen MR) is 105 cm³/mol. The van der Waals surface area contributed by atoms with E-state index in [1.54, 1.807) is 0 Å². The molecule has 1 fully saturated rings. The number of ether oxygens (including phenoxy) is 1. The molecule has 0 aromatic carbocycles. The molecule has 26 heteroatoms. The minimum absolute atomic E-state index is 0.0225. The topological polar surface area (TPSA) is 374 Å². The molecule has 1 aliphatic heterocycles. The van der Waals surface area contributed by atoms with Crippen molar-refractivity contribution in [2.24, 2.45) is 0 Å². The van der Waals surface area contributed by atoms with Crippen LogP contribution in [0.3, 0.4) is 0 Å². The predicted octanol–water partition coefficient (Wildman–Crippen LogP) is -4.85. The molecule has 0 saturated carbocycles. The highest BCUT2D eigenvalue weighted by Gasteiger charge is 2.48. The fourth-order valence-corrected chi connectivity index (χ4v) is 4.33. The maximum atomic E-state index is 11.3.